The summed E-state index contributed by atoms with van der Waals surface area (Å²) in [6, 6.07) is 0.849. The van der Waals surface area contributed by atoms with Crippen molar-refractivity contribution in [2.24, 2.45) is 10.9 Å². The third-order valence-electron chi connectivity index (χ3n) is 5.79. The maximum atomic E-state index is 12.5. The predicted octanol–water partition coefficient (Wildman–Crippen LogP) is 1.69. The summed E-state index contributed by atoms with van der Waals surface area (Å²) in [5.41, 5.74) is 0. The molecule has 28 heavy (non-hydrogen) atoms. The van der Waals surface area contributed by atoms with Crippen molar-refractivity contribution in [2.75, 3.05) is 53.0 Å². The fourth-order valence-electron chi connectivity index (χ4n) is 4.18. The van der Waals surface area contributed by atoms with Gasteiger partial charge in [0.15, 0.2) is 5.96 Å². The molecule has 2 saturated heterocycles. The van der Waals surface area contributed by atoms with Gasteiger partial charge in [-0.05, 0) is 38.5 Å². The minimum atomic E-state index is 0.251. The van der Waals surface area contributed by atoms with Gasteiger partial charge in [0, 0.05) is 58.3 Å². The summed E-state index contributed by atoms with van der Waals surface area (Å²) in [4.78, 5) is 21.4. The zero-order valence-corrected chi connectivity index (χ0v) is 18.4. The number of amides is 1. The number of carbonyl (C=O) groups is 1. The van der Waals surface area contributed by atoms with E-state index in [1.807, 2.05) is 4.90 Å². The van der Waals surface area contributed by atoms with Crippen molar-refractivity contribution in [1.29, 1.82) is 0 Å². The van der Waals surface area contributed by atoms with Gasteiger partial charge in [0.1, 0.15) is 0 Å². The van der Waals surface area contributed by atoms with Crippen LogP contribution in [0, 0.1) is 5.92 Å². The van der Waals surface area contributed by atoms with Crippen LogP contribution in [-0.4, -0.2) is 86.7 Å². The summed E-state index contributed by atoms with van der Waals surface area (Å²) in [5.74, 6) is 1.68. The van der Waals surface area contributed by atoms with E-state index < -0.39 is 0 Å². The van der Waals surface area contributed by atoms with Gasteiger partial charge in [0.05, 0.1) is 13.2 Å². The number of guanidine groups is 1. The van der Waals surface area contributed by atoms with Crippen LogP contribution >= 0.6 is 0 Å². The molecule has 2 aliphatic heterocycles. The van der Waals surface area contributed by atoms with Crippen molar-refractivity contribution in [3.63, 3.8) is 0 Å². The summed E-state index contributed by atoms with van der Waals surface area (Å²) < 4.78 is 5.50. The largest absolute Gasteiger partial charge is 0.379 e. The van der Waals surface area contributed by atoms with E-state index in [9.17, 15) is 4.79 Å². The predicted molar refractivity (Wildman–Crippen MR) is 115 cm³/mol. The van der Waals surface area contributed by atoms with E-state index >= 15 is 0 Å². The lowest BCUT2D eigenvalue weighted by Crippen LogP contribution is -2.51. The molecule has 1 amide bonds. The first-order valence-electron chi connectivity index (χ1n) is 11.1. The van der Waals surface area contributed by atoms with Gasteiger partial charge in [0.2, 0.25) is 5.91 Å². The van der Waals surface area contributed by atoms with Crippen LogP contribution in [0.25, 0.3) is 0 Å². The Balaban J connectivity index is 1.74. The maximum absolute atomic E-state index is 12.5. The quantitative estimate of drug-likeness (QED) is 0.483. The Morgan fingerprint density at radius 1 is 1.18 bits per heavy atom. The van der Waals surface area contributed by atoms with E-state index in [2.05, 4.69) is 41.3 Å². The summed E-state index contributed by atoms with van der Waals surface area (Å²) >= 11 is 0. The van der Waals surface area contributed by atoms with Gasteiger partial charge in [-0.2, -0.15) is 0 Å². The number of likely N-dealkylation sites (tertiary alicyclic amines) is 1. The number of nitrogens with zero attached hydrogens (tertiary/aromatic N) is 3. The lowest BCUT2D eigenvalue weighted by atomic mass is 10.0. The molecule has 162 valence electrons. The van der Waals surface area contributed by atoms with Gasteiger partial charge < -0.3 is 20.3 Å². The van der Waals surface area contributed by atoms with E-state index in [4.69, 9.17) is 4.74 Å². The molecule has 2 unspecified atom stereocenters. The number of ether oxygens (including phenoxy) is 1. The third kappa shape index (κ3) is 7.59. The summed E-state index contributed by atoms with van der Waals surface area (Å²) in [6.45, 7) is 12.7. The number of aliphatic imine (C=N–C) groups is 1. The third-order valence-corrected chi connectivity index (χ3v) is 5.79. The topological polar surface area (TPSA) is 69.2 Å². The molecule has 2 heterocycles. The number of rotatable bonds is 8. The molecule has 0 aromatic carbocycles. The molecule has 0 aliphatic carbocycles. The highest BCUT2D eigenvalue weighted by Gasteiger charge is 2.23. The minimum absolute atomic E-state index is 0.251. The number of morpholine rings is 1. The average molecular weight is 396 g/mol. The molecule has 2 atom stereocenters. The summed E-state index contributed by atoms with van der Waals surface area (Å²) in [5, 5.41) is 6.78. The van der Waals surface area contributed by atoms with E-state index in [1.54, 1.807) is 7.05 Å². The molecule has 2 fully saturated rings. The van der Waals surface area contributed by atoms with Gasteiger partial charge in [-0.3, -0.25) is 14.7 Å². The van der Waals surface area contributed by atoms with Crippen LogP contribution < -0.4 is 10.6 Å². The van der Waals surface area contributed by atoms with Gasteiger partial charge in [-0.25, -0.2) is 0 Å². The van der Waals surface area contributed by atoms with Gasteiger partial charge in [0.25, 0.3) is 0 Å². The summed E-state index contributed by atoms with van der Waals surface area (Å²) in [6.07, 6.45) is 5.16. The summed E-state index contributed by atoms with van der Waals surface area (Å²) in [7, 11) is 1.79. The SMILES string of the molecule is CN=C(NCCC(=O)N1CCCCC1C)NCC(CC(C)C)N1CCOCC1. The van der Waals surface area contributed by atoms with E-state index in [-0.39, 0.29) is 5.91 Å². The highest BCUT2D eigenvalue weighted by atomic mass is 16.5. The van der Waals surface area contributed by atoms with Crippen LogP contribution in [0.2, 0.25) is 0 Å². The molecule has 2 N–H and O–H groups in total. The zero-order chi connectivity index (χ0) is 20.4. The van der Waals surface area contributed by atoms with Crippen LogP contribution in [0.5, 0.6) is 0 Å². The van der Waals surface area contributed by atoms with E-state index in [1.165, 1.54) is 6.42 Å². The first-order valence-corrected chi connectivity index (χ1v) is 11.1. The Labute approximate surface area is 171 Å². The zero-order valence-electron chi connectivity index (χ0n) is 18.4. The highest BCUT2D eigenvalue weighted by molar-refractivity contribution is 5.81. The van der Waals surface area contributed by atoms with Crippen molar-refractivity contribution in [1.82, 2.24) is 20.4 Å². The minimum Gasteiger partial charge on any atom is -0.379 e. The normalized spacial score (nSPS) is 23.0. The van der Waals surface area contributed by atoms with E-state index in [0.717, 1.165) is 64.6 Å². The van der Waals surface area contributed by atoms with E-state index in [0.29, 0.717) is 31.0 Å². The van der Waals surface area contributed by atoms with Crippen molar-refractivity contribution in [2.45, 2.75) is 65.0 Å². The van der Waals surface area contributed by atoms with Gasteiger partial charge in [-0.1, -0.05) is 13.8 Å². The molecule has 7 nitrogen and oxygen atoms in total. The molecular formula is C21H41N5O2. The number of piperidine rings is 1. The second-order valence-corrected chi connectivity index (χ2v) is 8.49. The lowest BCUT2D eigenvalue weighted by Gasteiger charge is -2.36. The number of hydrogen-bond donors (Lipinski definition) is 2. The average Bonchev–Trinajstić information content (AvgIpc) is 2.70. The van der Waals surface area contributed by atoms with Crippen molar-refractivity contribution in [3.8, 4) is 0 Å². The maximum Gasteiger partial charge on any atom is 0.224 e. The molecule has 0 aromatic heterocycles. The molecule has 2 aliphatic rings. The fraction of sp³-hybridized carbons (Fsp3) is 0.905. The van der Waals surface area contributed by atoms with Crippen molar-refractivity contribution < 1.29 is 9.53 Å². The highest BCUT2D eigenvalue weighted by Crippen LogP contribution is 2.17. The first kappa shape index (κ1) is 22.9. The first-order chi connectivity index (χ1) is 13.5. The number of nitrogens with one attached hydrogen (secondary N) is 2. The number of carbonyl (C=O) groups excluding carboxylic acids is 1. The molecule has 2 rings (SSSR count). The fourth-order valence-corrected chi connectivity index (χ4v) is 4.18. The second-order valence-electron chi connectivity index (χ2n) is 8.49. The molecule has 0 radical (unpaired) electrons. The molecule has 7 heteroatoms. The van der Waals surface area contributed by atoms with Gasteiger partial charge >= 0.3 is 0 Å². The standard InChI is InChI=1S/C21H41N5O2/c1-17(2)15-19(25-11-13-28-14-12-25)16-24-21(22-4)23-9-8-20(27)26-10-6-5-7-18(26)3/h17-19H,5-16H2,1-4H3,(H2,22,23,24). The van der Waals surface area contributed by atoms with Crippen LogP contribution in [-0.2, 0) is 9.53 Å². The Morgan fingerprint density at radius 2 is 1.93 bits per heavy atom. The lowest BCUT2D eigenvalue weighted by molar-refractivity contribution is -0.134. The molecule has 0 saturated carbocycles. The molecule has 0 spiro atoms. The van der Waals surface area contributed by atoms with Crippen LogP contribution in [0.1, 0.15) is 52.9 Å². The monoisotopic (exact) mass is 395 g/mol. The van der Waals surface area contributed by atoms with Gasteiger partial charge in [-0.15, -0.1) is 0 Å². The number of hydrogen-bond acceptors (Lipinski definition) is 4. The van der Waals surface area contributed by atoms with Crippen LogP contribution in [0.3, 0.4) is 0 Å². The van der Waals surface area contributed by atoms with Crippen molar-refractivity contribution in [3.05, 3.63) is 0 Å². The Hall–Kier alpha value is -1.34. The second kappa shape index (κ2) is 12.3. The molecule has 0 bridgehead atoms. The Bertz CT molecular complexity index is 491. The smallest absolute Gasteiger partial charge is 0.224 e. The van der Waals surface area contributed by atoms with Crippen molar-refractivity contribution >= 4 is 11.9 Å². The van der Waals surface area contributed by atoms with Crippen LogP contribution in [0.4, 0.5) is 0 Å². The Morgan fingerprint density at radius 3 is 2.57 bits per heavy atom. The molecular weight excluding hydrogens is 354 g/mol. The Kier molecular flexibility index (Phi) is 10.1. The molecule has 0 aromatic rings. The van der Waals surface area contributed by atoms with Crippen LogP contribution in [0.15, 0.2) is 4.99 Å².